The summed E-state index contributed by atoms with van der Waals surface area (Å²) in [5.41, 5.74) is 0. The van der Waals surface area contributed by atoms with E-state index in [0.29, 0.717) is 0 Å². The topological polar surface area (TPSA) is 80.3 Å². The second-order valence-electron chi connectivity index (χ2n) is 4.48. The molecule has 22 heavy (non-hydrogen) atoms. The van der Waals surface area contributed by atoms with Crippen LogP contribution in [0.15, 0.2) is 64.4 Å². The minimum atomic E-state index is -3.86. The van der Waals surface area contributed by atoms with Gasteiger partial charge in [0.25, 0.3) is 0 Å². The smallest absolute Gasteiger partial charge is 0.224 e. The number of sulfonamides is 1. The predicted molar refractivity (Wildman–Crippen MR) is 80.1 cm³/mol. The van der Waals surface area contributed by atoms with Gasteiger partial charge in [0.1, 0.15) is 5.82 Å². The van der Waals surface area contributed by atoms with Gasteiger partial charge in [-0.15, -0.1) is 0 Å². The maximum absolute atomic E-state index is 12.8. The molecule has 0 fully saturated rings. The summed E-state index contributed by atoms with van der Waals surface area (Å²) in [5.74, 6) is -0.914. The largest absolute Gasteiger partial charge is 0.240 e. The zero-order chi connectivity index (χ0) is 16.2. The summed E-state index contributed by atoms with van der Waals surface area (Å²) in [5, 5.41) is 0. The maximum atomic E-state index is 12.8. The average Bonchev–Trinajstić information content (AvgIpc) is 2.48. The van der Waals surface area contributed by atoms with Crippen molar-refractivity contribution in [3.63, 3.8) is 0 Å². The maximum Gasteiger partial charge on any atom is 0.240 e. The molecule has 0 unspecified atom stereocenters. The number of nitrogens with one attached hydrogen (secondary N) is 1. The zero-order valence-electron chi connectivity index (χ0n) is 11.4. The Bertz CT molecular complexity index is 832. The Kier molecular flexibility index (Phi) is 4.94. The van der Waals surface area contributed by atoms with Crippen LogP contribution in [0.4, 0.5) is 4.39 Å². The van der Waals surface area contributed by atoms with E-state index in [2.05, 4.69) is 4.72 Å². The van der Waals surface area contributed by atoms with Gasteiger partial charge in [-0.05, 0) is 36.4 Å². The van der Waals surface area contributed by atoms with Crippen LogP contribution in [0.3, 0.4) is 0 Å². The summed E-state index contributed by atoms with van der Waals surface area (Å²) in [6.45, 7) is -0.267. The van der Waals surface area contributed by atoms with Crippen LogP contribution in [-0.4, -0.2) is 29.1 Å². The fourth-order valence-electron chi connectivity index (χ4n) is 1.75. The molecule has 5 nitrogen and oxygen atoms in total. The van der Waals surface area contributed by atoms with E-state index in [-0.39, 0.29) is 22.1 Å². The normalized spacial score (nSPS) is 12.2. The van der Waals surface area contributed by atoms with Crippen LogP contribution in [0.1, 0.15) is 0 Å². The SMILES string of the molecule is O=S(=O)(CCNS(=O)(=O)c1ccc(F)cc1)c1ccccc1. The molecule has 1 N–H and O–H groups in total. The zero-order valence-corrected chi connectivity index (χ0v) is 13.1. The standard InChI is InChI=1S/C14H14FNO4S2/c15-12-6-8-14(9-7-12)22(19,20)16-10-11-21(17,18)13-4-2-1-3-5-13/h1-9,16H,10-11H2. The predicted octanol–water partition coefficient (Wildman–Crippen LogP) is 1.58. The Morgan fingerprint density at radius 2 is 1.41 bits per heavy atom. The van der Waals surface area contributed by atoms with Crippen molar-refractivity contribution >= 4 is 19.9 Å². The molecule has 0 bridgehead atoms. The van der Waals surface area contributed by atoms with E-state index in [1.54, 1.807) is 18.2 Å². The summed E-state index contributed by atoms with van der Waals surface area (Å²) in [6, 6.07) is 12.0. The van der Waals surface area contributed by atoms with Gasteiger partial charge in [-0.1, -0.05) is 18.2 Å². The number of sulfone groups is 1. The highest BCUT2D eigenvalue weighted by molar-refractivity contribution is 7.91. The van der Waals surface area contributed by atoms with Gasteiger partial charge in [0.2, 0.25) is 10.0 Å². The van der Waals surface area contributed by atoms with Gasteiger partial charge in [0.15, 0.2) is 9.84 Å². The minimum Gasteiger partial charge on any atom is -0.224 e. The highest BCUT2D eigenvalue weighted by atomic mass is 32.2. The van der Waals surface area contributed by atoms with Gasteiger partial charge in [-0.3, -0.25) is 0 Å². The van der Waals surface area contributed by atoms with E-state index in [4.69, 9.17) is 0 Å². The van der Waals surface area contributed by atoms with Crippen LogP contribution in [0, 0.1) is 5.82 Å². The molecule has 0 heterocycles. The highest BCUT2D eigenvalue weighted by Crippen LogP contribution is 2.11. The van der Waals surface area contributed by atoms with E-state index >= 15 is 0 Å². The van der Waals surface area contributed by atoms with E-state index in [0.717, 1.165) is 24.3 Å². The Labute approximate surface area is 128 Å². The summed E-state index contributed by atoms with van der Waals surface area (Å²) in [4.78, 5) is 0.0157. The van der Waals surface area contributed by atoms with E-state index < -0.39 is 25.7 Å². The molecule has 0 aromatic heterocycles. The van der Waals surface area contributed by atoms with Crippen molar-refractivity contribution in [2.45, 2.75) is 9.79 Å². The summed E-state index contributed by atoms with van der Waals surface area (Å²) >= 11 is 0. The molecule has 0 amide bonds. The molecule has 8 heteroatoms. The lowest BCUT2D eigenvalue weighted by Gasteiger charge is -2.07. The molecule has 2 rings (SSSR count). The summed E-state index contributed by atoms with van der Waals surface area (Å²) in [7, 11) is -7.42. The van der Waals surface area contributed by atoms with Crippen LogP contribution >= 0.6 is 0 Å². The fraction of sp³-hybridized carbons (Fsp3) is 0.143. The Morgan fingerprint density at radius 3 is 2.00 bits per heavy atom. The Hall–Kier alpha value is -1.77. The van der Waals surface area contributed by atoms with Crippen LogP contribution in [-0.2, 0) is 19.9 Å². The minimum absolute atomic E-state index is 0.119. The molecule has 0 saturated heterocycles. The van der Waals surface area contributed by atoms with E-state index in [1.807, 2.05) is 0 Å². The van der Waals surface area contributed by atoms with Gasteiger partial charge >= 0.3 is 0 Å². The lowest BCUT2D eigenvalue weighted by molar-refractivity contribution is 0.580. The highest BCUT2D eigenvalue weighted by Gasteiger charge is 2.17. The molecule has 2 aromatic carbocycles. The number of rotatable bonds is 6. The first-order chi connectivity index (χ1) is 10.3. The van der Waals surface area contributed by atoms with E-state index in [1.165, 1.54) is 12.1 Å². The number of halogens is 1. The van der Waals surface area contributed by atoms with Crippen molar-refractivity contribution in [1.29, 1.82) is 0 Å². The lowest BCUT2D eigenvalue weighted by Crippen LogP contribution is -2.29. The Morgan fingerprint density at radius 1 is 0.818 bits per heavy atom. The van der Waals surface area contributed by atoms with Crippen LogP contribution in [0.2, 0.25) is 0 Å². The van der Waals surface area contributed by atoms with Crippen molar-refractivity contribution in [3.05, 3.63) is 60.4 Å². The van der Waals surface area contributed by atoms with Gasteiger partial charge in [0, 0.05) is 6.54 Å². The summed E-state index contributed by atoms with van der Waals surface area (Å²) < 4.78 is 62.9. The molecule has 0 radical (unpaired) electrons. The third-order valence-corrected chi connectivity index (χ3v) is 6.10. The lowest BCUT2D eigenvalue weighted by atomic mass is 10.4. The van der Waals surface area contributed by atoms with Crippen molar-refractivity contribution < 1.29 is 21.2 Å². The molecule has 0 atom stereocenters. The van der Waals surface area contributed by atoms with E-state index in [9.17, 15) is 21.2 Å². The first-order valence-corrected chi connectivity index (χ1v) is 9.48. The third-order valence-electron chi connectivity index (χ3n) is 2.89. The van der Waals surface area contributed by atoms with Gasteiger partial charge in [-0.25, -0.2) is 25.9 Å². The monoisotopic (exact) mass is 343 g/mol. The first-order valence-electron chi connectivity index (χ1n) is 6.34. The Balaban J connectivity index is 2.03. The van der Waals surface area contributed by atoms with Crippen LogP contribution in [0.25, 0.3) is 0 Å². The van der Waals surface area contributed by atoms with Crippen molar-refractivity contribution in [1.82, 2.24) is 4.72 Å². The van der Waals surface area contributed by atoms with Crippen LogP contribution in [0.5, 0.6) is 0 Å². The van der Waals surface area contributed by atoms with Gasteiger partial charge in [-0.2, -0.15) is 0 Å². The quantitative estimate of drug-likeness (QED) is 0.863. The van der Waals surface area contributed by atoms with Gasteiger partial charge < -0.3 is 0 Å². The molecular formula is C14H14FNO4S2. The molecule has 0 aliphatic heterocycles. The molecule has 0 saturated carbocycles. The average molecular weight is 343 g/mol. The number of hydrogen-bond acceptors (Lipinski definition) is 4. The molecular weight excluding hydrogens is 329 g/mol. The van der Waals surface area contributed by atoms with Crippen molar-refractivity contribution in [3.8, 4) is 0 Å². The third kappa shape index (κ3) is 4.12. The second-order valence-corrected chi connectivity index (χ2v) is 8.36. The van der Waals surface area contributed by atoms with Crippen molar-refractivity contribution in [2.75, 3.05) is 12.3 Å². The molecule has 2 aromatic rings. The number of benzene rings is 2. The molecule has 0 aliphatic carbocycles. The molecule has 118 valence electrons. The second kappa shape index (κ2) is 6.55. The molecule has 0 spiro atoms. The van der Waals surface area contributed by atoms with Gasteiger partial charge in [0.05, 0.1) is 15.5 Å². The van der Waals surface area contributed by atoms with Crippen LogP contribution < -0.4 is 4.72 Å². The number of hydrogen-bond donors (Lipinski definition) is 1. The van der Waals surface area contributed by atoms with Crippen molar-refractivity contribution in [2.24, 2.45) is 0 Å². The molecule has 0 aliphatic rings. The summed E-state index contributed by atoms with van der Waals surface area (Å²) in [6.07, 6.45) is 0. The first kappa shape index (κ1) is 16.6. The fourth-order valence-corrected chi connectivity index (χ4v) is 4.09.